The fourth-order valence-electron chi connectivity index (χ4n) is 2.09. The number of hydrogen-bond acceptors (Lipinski definition) is 2. The number of aromatic nitrogens is 1. The van der Waals surface area contributed by atoms with Crippen LogP contribution in [0.2, 0.25) is 0 Å². The van der Waals surface area contributed by atoms with E-state index in [-0.39, 0.29) is 11.8 Å². The summed E-state index contributed by atoms with van der Waals surface area (Å²) < 4.78 is 0. The zero-order valence-electron chi connectivity index (χ0n) is 8.78. The number of primary amides is 1. The van der Waals surface area contributed by atoms with Crippen LogP contribution in [0.25, 0.3) is 0 Å². The zero-order chi connectivity index (χ0) is 10.7. The van der Waals surface area contributed by atoms with E-state index in [1.807, 2.05) is 12.4 Å². The van der Waals surface area contributed by atoms with Crippen molar-refractivity contribution in [3.8, 4) is 0 Å². The molecular formula is C11H17N3O. The molecule has 1 fully saturated rings. The molecule has 1 aliphatic heterocycles. The first kappa shape index (κ1) is 10.2. The first-order valence-electron chi connectivity index (χ1n) is 5.39. The molecule has 1 amide bonds. The first-order valence-corrected chi connectivity index (χ1v) is 5.39. The Balaban J connectivity index is 1.81. The number of carbonyl (C=O) groups excluding carboxylic acids is 1. The lowest BCUT2D eigenvalue weighted by atomic mass is 9.96. The highest BCUT2D eigenvalue weighted by atomic mass is 16.1. The number of piperidine rings is 1. The van der Waals surface area contributed by atoms with E-state index in [1.165, 1.54) is 5.56 Å². The summed E-state index contributed by atoms with van der Waals surface area (Å²) in [6.07, 6.45) is 5.76. The van der Waals surface area contributed by atoms with Crippen molar-refractivity contribution >= 4 is 5.91 Å². The lowest BCUT2D eigenvalue weighted by Crippen LogP contribution is -2.38. The average molecular weight is 207 g/mol. The van der Waals surface area contributed by atoms with Gasteiger partial charge in [-0.3, -0.25) is 9.69 Å². The highest BCUT2D eigenvalue weighted by molar-refractivity contribution is 5.76. The van der Waals surface area contributed by atoms with Crippen molar-refractivity contribution in [3.63, 3.8) is 0 Å². The molecule has 1 aromatic rings. The molecule has 3 N–H and O–H groups in total. The van der Waals surface area contributed by atoms with Crippen LogP contribution < -0.4 is 5.73 Å². The highest BCUT2D eigenvalue weighted by Crippen LogP contribution is 2.18. The second kappa shape index (κ2) is 4.49. The predicted molar refractivity (Wildman–Crippen MR) is 58.0 cm³/mol. The van der Waals surface area contributed by atoms with Crippen molar-refractivity contribution in [1.29, 1.82) is 0 Å². The van der Waals surface area contributed by atoms with Crippen LogP contribution >= 0.6 is 0 Å². The quantitative estimate of drug-likeness (QED) is 0.767. The molecule has 4 heteroatoms. The summed E-state index contributed by atoms with van der Waals surface area (Å²) >= 11 is 0. The van der Waals surface area contributed by atoms with Gasteiger partial charge in [-0.1, -0.05) is 0 Å². The maximum Gasteiger partial charge on any atom is 0.220 e. The van der Waals surface area contributed by atoms with Crippen LogP contribution in [0.1, 0.15) is 18.4 Å². The Morgan fingerprint density at radius 1 is 1.53 bits per heavy atom. The molecule has 0 atom stereocenters. The van der Waals surface area contributed by atoms with Crippen LogP contribution in [0.15, 0.2) is 18.5 Å². The molecule has 0 bridgehead atoms. The molecule has 2 heterocycles. The summed E-state index contributed by atoms with van der Waals surface area (Å²) in [6, 6.07) is 2.08. The van der Waals surface area contributed by atoms with Crippen molar-refractivity contribution in [2.24, 2.45) is 11.7 Å². The standard InChI is InChI=1S/C11H17N3O/c12-11(15)10-2-5-14(6-3-10)8-9-1-4-13-7-9/h1,4,7,10,13H,2-3,5-6,8H2,(H2,12,15). The van der Waals surface area contributed by atoms with Gasteiger partial charge in [0, 0.05) is 24.9 Å². The van der Waals surface area contributed by atoms with Gasteiger partial charge in [0.1, 0.15) is 0 Å². The Kier molecular flexibility index (Phi) is 3.06. The number of hydrogen-bond donors (Lipinski definition) is 2. The van der Waals surface area contributed by atoms with E-state index in [2.05, 4.69) is 16.0 Å². The Bertz CT molecular complexity index is 313. The maximum absolute atomic E-state index is 11.0. The van der Waals surface area contributed by atoms with Gasteiger partial charge in [0.05, 0.1) is 0 Å². The minimum atomic E-state index is -0.142. The van der Waals surface area contributed by atoms with Crippen molar-refractivity contribution in [3.05, 3.63) is 24.0 Å². The van der Waals surface area contributed by atoms with Gasteiger partial charge in [-0.2, -0.15) is 0 Å². The fraction of sp³-hybridized carbons (Fsp3) is 0.545. The van der Waals surface area contributed by atoms with Crippen LogP contribution in [0.5, 0.6) is 0 Å². The Morgan fingerprint density at radius 2 is 2.27 bits per heavy atom. The third-order valence-corrected chi connectivity index (χ3v) is 3.06. The molecule has 1 saturated heterocycles. The number of rotatable bonds is 3. The highest BCUT2D eigenvalue weighted by Gasteiger charge is 2.22. The van der Waals surface area contributed by atoms with Gasteiger partial charge < -0.3 is 10.7 Å². The second-order valence-corrected chi connectivity index (χ2v) is 4.17. The van der Waals surface area contributed by atoms with Crippen molar-refractivity contribution in [2.75, 3.05) is 13.1 Å². The third-order valence-electron chi connectivity index (χ3n) is 3.06. The van der Waals surface area contributed by atoms with E-state index < -0.39 is 0 Å². The van der Waals surface area contributed by atoms with Gasteiger partial charge in [0.25, 0.3) is 0 Å². The minimum Gasteiger partial charge on any atom is -0.369 e. The van der Waals surface area contributed by atoms with E-state index >= 15 is 0 Å². The van der Waals surface area contributed by atoms with Gasteiger partial charge >= 0.3 is 0 Å². The molecule has 2 rings (SSSR count). The van der Waals surface area contributed by atoms with Gasteiger partial charge in [0.15, 0.2) is 0 Å². The summed E-state index contributed by atoms with van der Waals surface area (Å²) in [5, 5.41) is 0. The Hall–Kier alpha value is -1.29. The summed E-state index contributed by atoms with van der Waals surface area (Å²) in [7, 11) is 0. The number of aromatic amines is 1. The summed E-state index contributed by atoms with van der Waals surface area (Å²) in [4.78, 5) is 16.4. The summed E-state index contributed by atoms with van der Waals surface area (Å²) in [5.74, 6) is -0.0521. The molecule has 0 saturated carbocycles. The largest absolute Gasteiger partial charge is 0.369 e. The molecule has 4 nitrogen and oxygen atoms in total. The number of H-pyrrole nitrogens is 1. The lowest BCUT2D eigenvalue weighted by molar-refractivity contribution is -0.123. The number of nitrogens with two attached hydrogens (primary N) is 1. The average Bonchev–Trinajstić information content (AvgIpc) is 2.71. The van der Waals surface area contributed by atoms with Crippen LogP contribution in [-0.4, -0.2) is 28.9 Å². The van der Waals surface area contributed by atoms with E-state index in [1.54, 1.807) is 0 Å². The van der Waals surface area contributed by atoms with Crippen molar-refractivity contribution in [2.45, 2.75) is 19.4 Å². The molecular weight excluding hydrogens is 190 g/mol. The van der Waals surface area contributed by atoms with Crippen molar-refractivity contribution in [1.82, 2.24) is 9.88 Å². The van der Waals surface area contributed by atoms with Crippen LogP contribution in [0, 0.1) is 5.92 Å². The Labute approximate surface area is 89.5 Å². The first-order chi connectivity index (χ1) is 7.25. The van der Waals surface area contributed by atoms with Gasteiger partial charge in [-0.25, -0.2) is 0 Å². The topological polar surface area (TPSA) is 62.1 Å². The lowest BCUT2D eigenvalue weighted by Gasteiger charge is -2.30. The second-order valence-electron chi connectivity index (χ2n) is 4.17. The SMILES string of the molecule is NC(=O)C1CCN(Cc2cc[nH]c2)CC1. The van der Waals surface area contributed by atoms with Gasteiger partial charge in [-0.05, 0) is 37.6 Å². The van der Waals surface area contributed by atoms with Gasteiger partial charge in [0.2, 0.25) is 5.91 Å². The summed E-state index contributed by atoms with van der Waals surface area (Å²) in [5.41, 5.74) is 6.58. The Morgan fingerprint density at radius 3 is 2.80 bits per heavy atom. The van der Waals surface area contributed by atoms with Gasteiger partial charge in [-0.15, -0.1) is 0 Å². The smallest absolute Gasteiger partial charge is 0.220 e. The number of carbonyl (C=O) groups is 1. The van der Waals surface area contributed by atoms with E-state index in [4.69, 9.17) is 5.73 Å². The number of amides is 1. The number of nitrogens with one attached hydrogen (secondary N) is 1. The molecule has 1 aromatic heterocycles. The van der Waals surface area contributed by atoms with E-state index in [0.29, 0.717) is 0 Å². The molecule has 0 unspecified atom stereocenters. The molecule has 0 spiro atoms. The molecule has 0 aliphatic carbocycles. The summed E-state index contributed by atoms with van der Waals surface area (Å²) in [6.45, 7) is 2.91. The third kappa shape index (κ3) is 2.59. The van der Waals surface area contributed by atoms with Crippen LogP contribution in [0.3, 0.4) is 0 Å². The molecule has 15 heavy (non-hydrogen) atoms. The molecule has 0 radical (unpaired) electrons. The van der Waals surface area contributed by atoms with Crippen molar-refractivity contribution < 1.29 is 4.79 Å². The molecule has 82 valence electrons. The number of nitrogens with zero attached hydrogens (tertiary/aromatic N) is 1. The van der Waals surface area contributed by atoms with E-state index in [0.717, 1.165) is 32.5 Å². The van der Waals surface area contributed by atoms with Crippen LogP contribution in [0.4, 0.5) is 0 Å². The predicted octanol–water partition coefficient (Wildman–Crippen LogP) is 0.712. The monoisotopic (exact) mass is 207 g/mol. The normalized spacial score (nSPS) is 19.2. The number of likely N-dealkylation sites (tertiary alicyclic amines) is 1. The minimum absolute atomic E-state index is 0.0903. The molecule has 1 aliphatic rings. The maximum atomic E-state index is 11.0. The molecule has 0 aromatic carbocycles. The van der Waals surface area contributed by atoms with Crippen LogP contribution in [-0.2, 0) is 11.3 Å². The fourth-order valence-corrected chi connectivity index (χ4v) is 2.09. The zero-order valence-corrected chi connectivity index (χ0v) is 8.78. The van der Waals surface area contributed by atoms with E-state index in [9.17, 15) is 4.79 Å².